The fourth-order valence-corrected chi connectivity index (χ4v) is 4.50. The highest BCUT2D eigenvalue weighted by molar-refractivity contribution is 9.11. The van der Waals surface area contributed by atoms with Crippen molar-refractivity contribution in [1.82, 2.24) is 0 Å². The van der Waals surface area contributed by atoms with E-state index in [4.69, 9.17) is 0 Å². The SMILES string of the molecule is Brc1ccc2cc1-c1cc(ccc1Br)/C=C\c1ccc3ccc(cc3c1)/C=C\2. The highest BCUT2D eigenvalue weighted by Crippen LogP contribution is 2.36. The van der Waals surface area contributed by atoms with Crippen molar-refractivity contribution in [3.63, 3.8) is 0 Å². The second-order valence-corrected chi connectivity index (χ2v) is 8.72. The molecule has 4 aromatic rings. The van der Waals surface area contributed by atoms with E-state index >= 15 is 0 Å². The first-order chi connectivity index (χ1) is 13.7. The Morgan fingerprint density at radius 2 is 0.786 bits per heavy atom. The minimum Gasteiger partial charge on any atom is -0.0544 e. The molecule has 28 heavy (non-hydrogen) atoms. The first-order valence-electron chi connectivity index (χ1n) is 9.15. The molecule has 0 radical (unpaired) electrons. The van der Waals surface area contributed by atoms with E-state index in [0.29, 0.717) is 0 Å². The zero-order valence-corrected chi connectivity index (χ0v) is 18.2. The van der Waals surface area contributed by atoms with Crippen LogP contribution < -0.4 is 0 Å². The zero-order chi connectivity index (χ0) is 19.1. The van der Waals surface area contributed by atoms with Gasteiger partial charge in [0.2, 0.25) is 0 Å². The van der Waals surface area contributed by atoms with Gasteiger partial charge in [0.05, 0.1) is 0 Å². The molecule has 0 unspecified atom stereocenters. The van der Waals surface area contributed by atoms with E-state index in [2.05, 4.69) is 129 Å². The third-order valence-corrected chi connectivity index (χ3v) is 6.48. The molecule has 0 heterocycles. The Morgan fingerprint density at radius 3 is 1.25 bits per heavy atom. The Labute approximate surface area is 181 Å². The molecule has 134 valence electrons. The van der Waals surface area contributed by atoms with Crippen molar-refractivity contribution in [1.29, 1.82) is 0 Å². The Bertz CT molecular complexity index is 1180. The quantitative estimate of drug-likeness (QED) is 0.205. The molecule has 0 fully saturated rings. The first kappa shape index (κ1) is 17.7. The molecule has 5 rings (SSSR count). The van der Waals surface area contributed by atoms with Crippen molar-refractivity contribution in [2.75, 3.05) is 0 Å². The van der Waals surface area contributed by atoms with Gasteiger partial charge in [0.25, 0.3) is 0 Å². The summed E-state index contributed by atoms with van der Waals surface area (Å²) in [5.74, 6) is 0. The zero-order valence-electron chi connectivity index (χ0n) is 15.0. The number of benzene rings is 4. The fraction of sp³-hybridized carbons (Fsp3) is 0. The van der Waals surface area contributed by atoms with Gasteiger partial charge in [-0.1, -0.05) is 92.6 Å². The van der Waals surface area contributed by atoms with E-state index in [1.54, 1.807) is 0 Å². The van der Waals surface area contributed by atoms with Crippen molar-refractivity contribution < 1.29 is 0 Å². The average Bonchev–Trinajstić information content (AvgIpc) is 2.72. The molecule has 2 heteroatoms. The molecule has 0 nitrogen and oxygen atoms in total. The van der Waals surface area contributed by atoms with E-state index in [9.17, 15) is 0 Å². The van der Waals surface area contributed by atoms with Crippen LogP contribution in [-0.2, 0) is 0 Å². The number of hydrogen-bond acceptors (Lipinski definition) is 0. The van der Waals surface area contributed by atoms with Gasteiger partial charge in [-0.25, -0.2) is 0 Å². The summed E-state index contributed by atoms with van der Waals surface area (Å²) in [6.07, 6.45) is 8.72. The van der Waals surface area contributed by atoms with Crippen LogP contribution in [0.1, 0.15) is 22.3 Å². The second-order valence-electron chi connectivity index (χ2n) is 7.01. The van der Waals surface area contributed by atoms with Crippen molar-refractivity contribution in [2.45, 2.75) is 0 Å². The summed E-state index contributed by atoms with van der Waals surface area (Å²) in [6, 6.07) is 26.2. The van der Waals surface area contributed by atoms with Crippen LogP contribution in [0.25, 0.3) is 46.2 Å². The Balaban J connectivity index is 1.79. The molecular weight excluding hydrogens is 472 g/mol. The van der Waals surface area contributed by atoms with E-state index < -0.39 is 0 Å². The largest absolute Gasteiger partial charge is 0.0544 e. The predicted octanol–water partition coefficient (Wildman–Crippen LogP) is 8.69. The summed E-state index contributed by atoms with van der Waals surface area (Å²) in [7, 11) is 0. The van der Waals surface area contributed by atoms with Crippen LogP contribution in [0.4, 0.5) is 0 Å². The van der Waals surface area contributed by atoms with Crippen LogP contribution in [-0.4, -0.2) is 0 Å². The molecule has 0 atom stereocenters. The third kappa shape index (κ3) is 3.39. The van der Waals surface area contributed by atoms with E-state index in [-0.39, 0.29) is 0 Å². The molecule has 7 bridgehead atoms. The standard InChI is InChI=1S/C26H16Br2/c27-25-11-7-19-3-1-17-5-9-21-10-6-18(14-22(21)13-17)2-4-20-8-12-26(28)24(16-20)23(25)15-19/h1-16H/b3-1-,4-2-. The van der Waals surface area contributed by atoms with Crippen LogP contribution in [0.15, 0.2) is 81.7 Å². The molecule has 0 saturated carbocycles. The molecule has 0 aromatic heterocycles. The molecule has 0 N–H and O–H groups in total. The predicted molar refractivity (Wildman–Crippen MR) is 129 cm³/mol. The number of hydrogen-bond donors (Lipinski definition) is 0. The first-order valence-corrected chi connectivity index (χ1v) is 10.7. The van der Waals surface area contributed by atoms with Gasteiger partial charge < -0.3 is 0 Å². The maximum absolute atomic E-state index is 3.73. The maximum Gasteiger partial charge on any atom is 0.0254 e. The lowest BCUT2D eigenvalue weighted by atomic mass is 10.0. The van der Waals surface area contributed by atoms with Crippen molar-refractivity contribution in [2.24, 2.45) is 0 Å². The second kappa shape index (κ2) is 7.20. The lowest BCUT2D eigenvalue weighted by molar-refractivity contribution is 1.53. The van der Waals surface area contributed by atoms with Gasteiger partial charge in [-0.15, -0.1) is 0 Å². The summed E-state index contributed by atoms with van der Waals surface area (Å²) >= 11 is 7.46. The fourth-order valence-electron chi connectivity index (χ4n) is 3.58. The van der Waals surface area contributed by atoms with Crippen molar-refractivity contribution in [3.05, 3.63) is 104 Å². The van der Waals surface area contributed by atoms with Crippen LogP contribution in [0.2, 0.25) is 0 Å². The number of fused-ring (bicyclic) bond motifs is 7. The number of rotatable bonds is 0. The molecule has 0 aliphatic heterocycles. The third-order valence-electron chi connectivity index (χ3n) is 5.10. The molecule has 1 aliphatic rings. The minimum absolute atomic E-state index is 1.09. The van der Waals surface area contributed by atoms with Gasteiger partial charge in [-0.05, 0) is 80.6 Å². The Morgan fingerprint density at radius 1 is 0.393 bits per heavy atom. The molecule has 0 saturated heterocycles. The summed E-state index contributed by atoms with van der Waals surface area (Å²) in [5, 5.41) is 2.52. The minimum atomic E-state index is 1.09. The number of halogens is 2. The highest BCUT2D eigenvalue weighted by Gasteiger charge is 2.09. The summed E-state index contributed by atoms with van der Waals surface area (Å²) < 4.78 is 2.17. The summed E-state index contributed by atoms with van der Waals surface area (Å²) in [6.45, 7) is 0. The summed E-state index contributed by atoms with van der Waals surface area (Å²) in [5.41, 5.74) is 7.11. The van der Waals surface area contributed by atoms with Gasteiger partial charge in [0.1, 0.15) is 0 Å². The van der Waals surface area contributed by atoms with Crippen molar-refractivity contribution in [3.8, 4) is 11.1 Å². The Kier molecular flexibility index (Phi) is 4.54. The Hall–Kier alpha value is -2.42. The lowest BCUT2D eigenvalue weighted by Gasteiger charge is -2.10. The van der Waals surface area contributed by atoms with Crippen LogP contribution in [0, 0.1) is 0 Å². The topological polar surface area (TPSA) is 0 Å². The lowest BCUT2D eigenvalue weighted by Crippen LogP contribution is -1.85. The van der Waals surface area contributed by atoms with Gasteiger partial charge in [-0.3, -0.25) is 0 Å². The normalized spacial score (nSPS) is 14.6. The average molecular weight is 488 g/mol. The molecule has 4 aromatic carbocycles. The maximum atomic E-state index is 3.73. The molecular formula is C26H16Br2. The summed E-state index contributed by atoms with van der Waals surface area (Å²) in [4.78, 5) is 0. The van der Waals surface area contributed by atoms with E-state index in [0.717, 1.165) is 8.95 Å². The van der Waals surface area contributed by atoms with Crippen molar-refractivity contribution >= 4 is 66.9 Å². The van der Waals surface area contributed by atoms with Gasteiger partial charge in [-0.2, -0.15) is 0 Å². The van der Waals surface area contributed by atoms with E-state index in [1.807, 2.05) is 0 Å². The molecule has 0 spiro atoms. The van der Waals surface area contributed by atoms with Gasteiger partial charge >= 0.3 is 0 Å². The highest BCUT2D eigenvalue weighted by atomic mass is 79.9. The van der Waals surface area contributed by atoms with Crippen LogP contribution >= 0.6 is 31.9 Å². The van der Waals surface area contributed by atoms with Crippen LogP contribution in [0.3, 0.4) is 0 Å². The monoisotopic (exact) mass is 486 g/mol. The van der Waals surface area contributed by atoms with Gasteiger partial charge in [0, 0.05) is 8.95 Å². The smallest absolute Gasteiger partial charge is 0.0254 e. The van der Waals surface area contributed by atoms with Crippen LogP contribution in [0.5, 0.6) is 0 Å². The van der Waals surface area contributed by atoms with Gasteiger partial charge in [0.15, 0.2) is 0 Å². The molecule has 1 aliphatic carbocycles. The molecule has 0 amide bonds. The van der Waals surface area contributed by atoms with E-state index in [1.165, 1.54) is 44.2 Å².